The molecule has 1 unspecified atom stereocenters. The van der Waals surface area contributed by atoms with Crippen LogP contribution in [0, 0.1) is 0 Å². The highest BCUT2D eigenvalue weighted by atomic mass is 19.3. The lowest BCUT2D eigenvalue weighted by atomic mass is 10.0. The molecule has 1 saturated carbocycles. The van der Waals surface area contributed by atoms with Gasteiger partial charge in [0.1, 0.15) is 5.75 Å². The molecule has 20 heavy (non-hydrogen) atoms. The Morgan fingerprint density at radius 1 is 1.25 bits per heavy atom. The van der Waals surface area contributed by atoms with E-state index in [1.807, 2.05) is 6.92 Å². The van der Waals surface area contributed by atoms with E-state index in [1.54, 1.807) is 12.1 Å². The van der Waals surface area contributed by atoms with Crippen LogP contribution in [0.15, 0.2) is 24.3 Å². The molecule has 0 spiro atoms. The number of aliphatic hydroxyl groups is 1. The molecule has 1 atom stereocenters. The van der Waals surface area contributed by atoms with Gasteiger partial charge in [0.25, 0.3) is 0 Å². The molecule has 1 aliphatic rings. The summed E-state index contributed by atoms with van der Waals surface area (Å²) in [5, 5.41) is 13.6. The molecule has 1 aliphatic carbocycles. The van der Waals surface area contributed by atoms with Crippen molar-refractivity contribution in [3.05, 3.63) is 29.8 Å². The number of alkyl halides is 2. The topological polar surface area (TPSA) is 41.5 Å². The smallest absolute Gasteiger partial charge is 0.387 e. The van der Waals surface area contributed by atoms with Gasteiger partial charge in [-0.25, -0.2) is 0 Å². The van der Waals surface area contributed by atoms with Gasteiger partial charge in [-0.2, -0.15) is 8.78 Å². The summed E-state index contributed by atoms with van der Waals surface area (Å²) < 4.78 is 28.4. The Balaban J connectivity index is 1.87. The Bertz CT molecular complexity index is 416. The maximum Gasteiger partial charge on any atom is 0.387 e. The summed E-state index contributed by atoms with van der Waals surface area (Å²) in [4.78, 5) is 0. The van der Waals surface area contributed by atoms with Crippen molar-refractivity contribution in [3.8, 4) is 5.75 Å². The SMILES string of the molecule is CC(NCC1(O)CCCC1)c1ccc(OC(F)F)cc1. The fourth-order valence-electron chi connectivity index (χ4n) is 2.61. The van der Waals surface area contributed by atoms with Gasteiger partial charge in [0.05, 0.1) is 5.60 Å². The van der Waals surface area contributed by atoms with Gasteiger partial charge in [0.2, 0.25) is 0 Å². The highest BCUT2D eigenvalue weighted by Gasteiger charge is 2.30. The summed E-state index contributed by atoms with van der Waals surface area (Å²) in [5.41, 5.74) is 0.390. The van der Waals surface area contributed by atoms with E-state index in [0.29, 0.717) is 6.54 Å². The quantitative estimate of drug-likeness (QED) is 0.843. The van der Waals surface area contributed by atoms with Gasteiger partial charge in [0, 0.05) is 12.6 Å². The second-order valence-corrected chi connectivity index (χ2v) is 5.48. The van der Waals surface area contributed by atoms with Crippen LogP contribution in [0.25, 0.3) is 0 Å². The number of hydrogen-bond donors (Lipinski definition) is 2. The summed E-state index contributed by atoms with van der Waals surface area (Å²) in [5.74, 6) is 0.158. The Morgan fingerprint density at radius 3 is 2.40 bits per heavy atom. The molecule has 0 radical (unpaired) electrons. The zero-order chi connectivity index (χ0) is 14.6. The number of halogens is 2. The Hall–Kier alpha value is -1.20. The molecule has 0 heterocycles. The summed E-state index contributed by atoms with van der Waals surface area (Å²) >= 11 is 0. The van der Waals surface area contributed by atoms with E-state index in [0.717, 1.165) is 31.2 Å². The van der Waals surface area contributed by atoms with E-state index in [1.165, 1.54) is 12.1 Å². The third-order valence-electron chi connectivity index (χ3n) is 3.88. The average Bonchev–Trinajstić information content (AvgIpc) is 2.84. The number of ether oxygens (including phenoxy) is 1. The third kappa shape index (κ3) is 4.15. The van der Waals surface area contributed by atoms with Crippen LogP contribution in [-0.2, 0) is 0 Å². The van der Waals surface area contributed by atoms with Gasteiger partial charge >= 0.3 is 6.61 Å². The van der Waals surface area contributed by atoms with Gasteiger partial charge in [-0.15, -0.1) is 0 Å². The van der Waals surface area contributed by atoms with E-state index >= 15 is 0 Å². The van der Waals surface area contributed by atoms with Crippen molar-refractivity contribution in [3.63, 3.8) is 0 Å². The van der Waals surface area contributed by atoms with Crippen LogP contribution in [0.4, 0.5) is 8.78 Å². The first kappa shape index (κ1) is 15.2. The lowest BCUT2D eigenvalue weighted by molar-refractivity contribution is -0.0498. The van der Waals surface area contributed by atoms with Gasteiger partial charge in [-0.05, 0) is 37.5 Å². The number of rotatable bonds is 6. The maximum atomic E-state index is 12.1. The molecule has 2 N–H and O–H groups in total. The van der Waals surface area contributed by atoms with Crippen LogP contribution < -0.4 is 10.1 Å². The van der Waals surface area contributed by atoms with Crippen molar-refractivity contribution in [1.82, 2.24) is 5.32 Å². The fourth-order valence-corrected chi connectivity index (χ4v) is 2.61. The van der Waals surface area contributed by atoms with Crippen molar-refractivity contribution < 1.29 is 18.6 Å². The van der Waals surface area contributed by atoms with Crippen molar-refractivity contribution >= 4 is 0 Å². The van der Waals surface area contributed by atoms with Gasteiger partial charge in [-0.3, -0.25) is 0 Å². The minimum Gasteiger partial charge on any atom is -0.435 e. The third-order valence-corrected chi connectivity index (χ3v) is 3.88. The van der Waals surface area contributed by atoms with E-state index in [2.05, 4.69) is 10.1 Å². The lowest BCUT2D eigenvalue weighted by Gasteiger charge is -2.25. The zero-order valence-electron chi connectivity index (χ0n) is 11.6. The molecule has 1 aromatic carbocycles. The molecule has 0 bridgehead atoms. The molecular weight excluding hydrogens is 264 g/mol. The van der Waals surface area contributed by atoms with E-state index < -0.39 is 12.2 Å². The van der Waals surface area contributed by atoms with Crippen LogP contribution in [0.2, 0.25) is 0 Å². The van der Waals surface area contributed by atoms with Gasteiger partial charge < -0.3 is 15.2 Å². The van der Waals surface area contributed by atoms with Crippen LogP contribution in [0.1, 0.15) is 44.2 Å². The molecule has 0 aliphatic heterocycles. The number of hydrogen-bond acceptors (Lipinski definition) is 3. The summed E-state index contributed by atoms with van der Waals surface area (Å²) in [6.45, 7) is -0.252. The molecule has 1 fully saturated rings. The molecule has 3 nitrogen and oxygen atoms in total. The monoisotopic (exact) mass is 285 g/mol. The van der Waals surface area contributed by atoms with E-state index in [-0.39, 0.29) is 11.8 Å². The van der Waals surface area contributed by atoms with Gasteiger partial charge in [-0.1, -0.05) is 25.0 Å². The molecule has 0 amide bonds. The Labute approximate surface area is 117 Å². The number of nitrogens with one attached hydrogen (secondary N) is 1. The Morgan fingerprint density at radius 2 is 1.85 bits per heavy atom. The van der Waals surface area contributed by atoms with E-state index in [4.69, 9.17) is 0 Å². The predicted octanol–water partition coefficient (Wildman–Crippen LogP) is 3.24. The van der Waals surface area contributed by atoms with Crippen LogP contribution in [0.3, 0.4) is 0 Å². The molecular formula is C15H21F2NO2. The normalized spacial score (nSPS) is 19.2. The highest BCUT2D eigenvalue weighted by Crippen LogP contribution is 2.29. The first-order chi connectivity index (χ1) is 9.48. The number of benzene rings is 1. The van der Waals surface area contributed by atoms with Crippen molar-refractivity contribution in [2.24, 2.45) is 0 Å². The highest BCUT2D eigenvalue weighted by molar-refractivity contribution is 5.29. The second-order valence-electron chi connectivity index (χ2n) is 5.48. The van der Waals surface area contributed by atoms with Crippen LogP contribution in [-0.4, -0.2) is 23.9 Å². The maximum absolute atomic E-state index is 12.1. The average molecular weight is 285 g/mol. The zero-order valence-corrected chi connectivity index (χ0v) is 11.6. The minimum atomic E-state index is -2.80. The standard InChI is InChI=1S/C15H21F2NO2/c1-11(18-10-15(19)8-2-3-9-15)12-4-6-13(7-5-12)20-14(16)17/h4-7,11,14,18-19H,2-3,8-10H2,1H3. The molecule has 1 aromatic rings. The van der Waals surface area contributed by atoms with Crippen LogP contribution in [0.5, 0.6) is 5.75 Å². The second kappa shape index (κ2) is 6.50. The minimum absolute atomic E-state index is 0.0558. The Kier molecular flexibility index (Phi) is 4.94. The first-order valence-corrected chi connectivity index (χ1v) is 6.99. The molecule has 5 heteroatoms. The molecule has 0 aromatic heterocycles. The summed E-state index contributed by atoms with van der Waals surface area (Å²) in [7, 11) is 0. The summed E-state index contributed by atoms with van der Waals surface area (Å²) in [6.07, 6.45) is 3.83. The predicted molar refractivity (Wildman–Crippen MR) is 72.9 cm³/mol. The van der Waals surface area contributed by atoms with Crippen molar-refractivity contribution in [2.75, 3.05) is 6.54 Å². The molecule has 0 saturated heterocycles. The van der Waals surface area contributed by atoms with Gasteiger partial charge in [0.15, 0.2) is 0 Å². The van der Waals surface area contributed by atoms with Crippen LogP contribution >= 0.6 is 0 Å². The first-order valence-electron chi connectivity index (χ1n) is 6.99. The molecule has 2 rings (SSSR count). The van der Waals surface area contributed by atoms with E-state index in [9.17, 15) is 13.9 Å². The molecule has 112 valence electrons. The summed E-state index contributed by atoms with van der Waals surface area (Å²) in [6, 6.07) is 6.64. The van der Waals surface area contributed by atoms with Crippen molar-refractivity contribution in [2.45, 2.75) is 50.9 Å². The largest absolute Gasteiger partial charge is 0.435 e. The van der Waals surface area contributed by atoms with Crippen molar-refractivity contribution in [1.29, 1.82) is 0 Å². The lowest BCUT2D eigenvalue weighted by Crippen LogP contribution is -2.39. The fraction of sp³-hybridized carbons (Fsp3) is 0.600.